The second kappa shape index (κ2) is 5.52. The number of hydrogen-bond donors (Lipinski definition) is 2. The summed E-state index contributed by atoms with van der Waals surface area (Å²) in [5.74, 6) is -0.930. The third-order valence-corrected chi connectivity index (χ3v) is 2.74. The molecule has 2 N–H and O–H groups in total. The number of carboxylic acid groups (broad SMARTS) is 1. The van der Waals surface area contributed by atoms with E-state index in [4.69, 9.17) is 9.63 Å². The van der Waals surface area contributed by atoms with Gasteiger partial charge in [-0.15, -0.1) is 0 Å². The van der Waals surface area contributed by atoms with Crippen LogP contribution in [0.3, 0.4) is 0 Å². The average molecular weight is 275 g/mol. The Kier molecular flexibility index (Phi) is 3.79. The molecule has 104 valence electrons. The molecule has 0 atom stereocenters. The Labute approximate surface area is 114 Å². The molecule has 0 unspecified atom stereocenters. The molecule has 0 aliphatic rings. The molecule has 2 rings (SSSR count). The number of carboxylic acids is 1. The number of nitrogens with zero attached hydrogens (tertiary/aromatic N) is 2. The van der Waals surface area contributed by atoms with E-state index in [0.29, 0.717) is 23.4 Å². The van der Waals surface area contributed by atoms with Gasteiger partial charge in [-0.2, -0.15) is 0 Å². The molecule has 0 fully saturated rings. The quantitative estimate of drug-likeness (QED) is 0.882. The number of aromatic nitrogens is 2. The Hall–Kier alpha value is -2.70. The first kappa shape index (κ1) is 13.7. The van der Waals surface area contributed by atoms with E-state index in [1.165, 1.54) is 18.3 Å². The van der Waals surface area contributed by atoms with Gasteiger partial charge in [0.15, 0.2) is 0 Å². The summed E-state index contributed by atoms with van der Waals surface area (Å²) < 4.78 is 4.98. The minimum absolute atomic E-state index is 0.0491. The first-order valence-corrected chi connectivity index (χ1v) is 5.98. The van der Waals surface area contributed by atoms with Crippen LogP contribution in [0.4, 0.5) is 5.82 Å². The largest absolute Gasteiger partial charge is 0.478 e. The number of carbonyl (C=O) groups is 2. The van der Waals surface area contributed by atoms with E-state index in [1.54, 1.807) is 6.92 Å². The molecule has 2 aromatic rings. The van der Waals surface area contributed by atoms with Gasteiger partial charge < -0.3 is 14.9 Å². The molecular weight excluding hydrogens is 262 g/mol. The van der Waals surface area contributed by atoms with Crippen LogP contribution in [0.5, 0.6) is 0 Å². The predicted octanol–water partition coefficient (Wildman–Crippen LogP) is 1.89. The summed E-state index contributed by atoms with van der Waals surface area (Å²) in [4.78, 5) is 26.9. The maximum absolute atomic E-state index is 12.2. The van der Waals surface area contributed by atoms with Crippen molar-refractivity contribution in [2.24, 2.45) is 0 Å². The van der Waals surface area contributed by atoms with E-state index in [9.17, 15) is 9.59 Å². The number of hydrogen-bond acceptors (Lipinski definition) is 5. The van der Waals surface area contributed by atoms with Gasteiger partial charge in [0.2, 0.25) is 0 Å². The Morgan fingerprint density at radius 2 is 2.20 bits per heavy atom. The molecule has 2 heterocycles. The van der Waals surface area contributed by atoms with Gasteiger partial charge in [0.25, 0.3) is 5.91 Å². The number of nitrogens with one attached hydrogen (secondary N) is 1. The fourth-order valence-corrected chi connectivity index (χ4v) is 1.76. The summed E-state index contributed by atoms with van der Waals surface area (Å²) in [6.07, 6.45) is 1.88. The molecule has 0 aliphatic heterocycles. The average Bonchev–Trinajstić information content (AvgIpc) is 2.80. The second-order valence-electron chi connectivity index (χ2n) is 4.10. The van der Waals surface area contributed by atoms with Crippen LogP contribution in [-0.2, 0) is 6.42 Å². The minimum Gasteiger partial charge on any atom is -0.478 e. The van der Waals surface area contributed by atoms with Gasteiger partial charge in [-0.05, 0) is 25.5 Å². The highest BCUT2D eigenvalue weighted by molar-refractivity contribution is 6.05. The molecule has 7 nitrogen and oxygen atoms in total. The lowest BCUT2D eigenvalue weighted by Crippen LogP contribution is -2.15. The highest BCUT2D eigenvalue weighted by Gasteiger charge is 2.19. The molecule has 0 saturated heterocycles. The summed E-state index contributed by atoms with van der Waals surface area (Å²) >= 11 is 0. The number of aromatic carboxylic acids is 1. The van der Waals surface area contributed by atoms with Crippen molar-refractivity contribution in [3.63, 3.8) is 0 Å². The molecule has 0 aromatic carbocycles. The molecule has 7 heteroatoms. The van der Waals surface area contributed by atoms with Gasteiger partial charge in [-0.3, -0.25) is 4.79 Å². The minimum atomic E-state index is -1.08. The van der Waals surface area contributed by atoms with Crippen molar-refractivity contribution in [2.75, 3.05) is 5.32 Å². The van der Waals surface area contributed by atoms with Crippen LogP contribution in [0, 0.1) is 6.92 Å². The normalized spacial score (nSPS) is 10.3. The summed E-state index contributed by atoms with van der Waals surface area (Å²) in [7, 11) is 0. The standard InChI is InChI=1S/C13H13N3O4/c1-3-9-11(7(2)20-16-9)12(17)15-10-6-8(13(18)19)4-5-14-10/h4-6H,3H2,1-2H3,(H,18,19)(H,14,15,17). The molecule has 0 aliphatic carbocycles. The maximum atomic E-state index is 12.2. The topological polar surface area (TPSA) is 105 Å². The first-order valence-electron chi connectivity index (χ1n) is 5.98. The van der Waals surface area contributed by atoms with Crippen molar-refractivity contribution < 1.29 is 19.2 Å². The van der Waals surface area contributed by atoms with Crippen molar-refractivity contribution in [1.82, 2.24) is 10.1 Å². The van der Waals surface area contributed by atoms with E-state index >= 15 is 0 Å². The zero-order valence-electron chi connectivity index (χ0n) is 11.0. The van der Waals surface area contributed by atoms with Crippen molar-refractivity contribution >= 4 is 17.7 Å². The zero-order chi connectivity index (χ0) is 14.7. The fourth-order valence-electron chi connectivity index (χ4n) is 1.76. The van der Waals surface area contributed by atoms with Gasteiger partial charge in [-0.25, -0.2) is 9.78 Å². The lowest BCUT2D eigenvalue weighted by atomic mass is 10.1. The van der Waals surface area contributed by atoms with Crippen molar-refractivity contribution in [2.45, 2.75) is 20.3 Å². The maximum Gasteiger partial charge on any atom is 0.335 e. The lowest BCUT2D eigenvalue weighted by molar-refractivity contribution is 0.0696. The summed E-state index contributed by atoms with van der Waals surface area (Å²) in [5, 5.41) is 15.2. The zero-order valence-corrected chi connectivity index (χ0v) is 11.0. The Bertz CT molecular complexity index is 663. The highest BCUT2D eigenvalue weighted by Crippen LogP contribution is 2.16. The van der Waals surface area contributed by atoms with Crippen LogP contribution in [0.25, 0.3) is 0 Å². The van der Waals surface area contributed by atoms with Crippen LogP contribution < -0.4 is 5.32 Å². The first-order chi connectivity index (χ1) is 9.52. The molecule has 20 heavy (non-hydrogen) atoms. The molecule has 0 saturated carbocycles. The fraction of sp³-hybridized carbons (Fsp3) is 0.231. The second-order valence-corrected chi connectivity index (χ2v) is 4.10. The van der Waals surface area contributed by atoms with Gasteiger partial charge in [0, 0.05) is 6.20 Å². The Balaban J connectivity index is 2.25. The summed E-state index contributed by atoms with van der Waals surface area (Å²) in [5.41, 5.74) is 0.956. The number of rotatable bonds is 4. The van der Waals surface area contributed by atoms with Crippen LogP contribution in [0.15, 0.2) is 22.9 Å². The molecule has 1 amide bonds. The smallest absolute Gasteiger partial charge is 0.335 e. The third-order valence-electron chi connectivity index (χ3n) is 2.74. The third kappa shape index (κ3) is 2.66. The number of carbonyl (C=O) groups excluding carboxylic acids is 1. The number of amides is 1. The van der Waals surface area contributed by atoms with E-state index in [-0.39, 0.29) is 11.4 Å². The number of aryl methyl sites for hydroxylation is 2. The van der Waals surface area contributed by atoms with E-state index < -0.39 is 11.9 Å². The van der Waals surface area contributed by atoms with Crippen LogP contribution in [0.2, 0.25) is 0 Å². The van der Waals surface area contributed by atoms with Crippen molar-refractivity contribution in [1.29, 1.82) is 0 Å². The molecule has 0 radical (unpaired) electrons. The van der Waals surface area contributed by atoms with E-state index in [0.717, 1.165) is 0 Å². The lowest BCUT2D eigenvalue weighted by Gasteiger charge is -2.05. The molecule has 0 bridgehead atoms. The number of anilines is 1. The molecule has 2 aromatic heterocycles. The highest BCUT2D eigenvalue weighted by atomic mass is 16.5. The van der Waals surface area contributed by atoms with Gasteiger partial charge >= 0.3 is 5.97 Å². The van der Waals surface area contributed by atoms with Crippen molar-refractivity contribution in [3.05, 3.63) is 40.9 Å². The monoisotopic (exact) mass is 275 g/mol. The van der Waals surface area contributed by atoms with Crippen molar-refractivity contribution in [3.8, 4) is 0 Å². The van der Waals surface area contributed by atoms with Crippen LogP contribution in [-0.4, -0.2) is 27.1 Å². The molecular formula is C13H13N3O4. The number of pyridine rings is 1. The summed E-state index contributed by atoms with van der Waals surface area (Å²) in [6, 6.07) is 2.63. The van der Waals surface area contributed by atoms with Gasteiger partial charge in [0.1, 0.15) is 17.1 Å². The van der Waals surface area contributed by atoms with Gasteiger partial charge in [-0.1, -0.05) is 12.1 Å². The van der Waals surface area contributed by atoms with Crippen LogP contribution >= 0.6 is 0 Å². The Morgan fingerprint density at radius 1 is 1.45 bits per heavy atom. The Morgan fingerprint density at radius 3 is 2.85 bits per heavy atom. The predicted molar refractivity (Wildman–Crippen MR) is 69.8 cm³/mol. The van der Waals surface area contributed by atoms with Crippen LogP contribution in [0.1, 0.15) is 39.1 Å². The SMILES string of the molecule is CCc1noc(C)c1C(=O)Nc1cc(C(=O)O)ccn1. The van der Waals surface area contributed by atoms with Gasteiger partial charge in [0.05, 0.1) is 11.3 Å². The molecule has 0 spiro atoms. The van der Waals surface area contributed by atoms with E-state index in [2.05, 4.69) is 15.5 Å². The summed E-state index contributed by atoms with van der Waals surface area (Å²) in [6.45, 7) is 3.50. The van der Waals surface area contributed by atoms with E-state index in [1.807, 2.05) is 6.92 Å².